The summed E-state index contributed by atoms with van der Waals surface area (Å²) >= 11 is 7.64. The van der Waals surface area contributed by atoms with Crippen LogP contribution < -0.4 is 10.1 Å². The normalized spacial score (nSPS) is 12.9. The number of hydrogen-bond acceptors (Lipinski definition) is 5. The molecule has 0 aliphatic carbocycles. The number of benzene rings is 2. The molecule has 3 aromatic rings. The van der Waals surface area contributed by atoms with Crippen molar-refractivity contribution < 1.29 is 9.53 Å². The van der Waals surface area contributed by atoms with E-state index < -0.39 is 0 Å². The van der Waals surface area contributed by atoms with Crippen LogP contribution in [0.25, 0.3) is 0 Å². The van der Waals surface area contributed by atoms with Crippen LogP contribution in [-0.4, -0.2) is 26.4 Å². The Balaban J connectivity index is 1.63. The van der Waals surface area contributed by atoms with Gasteiger partial charge in [0, 0.05) is 11.6 Å². The van der Waals surface area contributed by atoms with Crippen LogP contribution in [-0.2, 0) is 11.3 Å². The van der Waals surface area contributed by atoms with Crippen LogP contribution in [0.5, 0.6) is 5.75 Å². The van der Waals surface area contributed by atoms with Crippen LogP contribution in [0.3, 0.4) is 0 Å². The SMILES string of the molecule is CCn1c(SCC(=O)NC(C)c2ccccc2)nnc1C(C)Oc1cc(C)c(Cl)c(C)c1. The average molecular weight is 473 g/mol. The van der Waals surface area contributed by atoms with Gasteiger partial charge in [-0.3, -0.25) is 4.79 Å². The van der Waals surface area contributed by atoms with E-state index in [-0.39, 0.29) is 23.8 Å². The summed E-state index contributed by atoms with van der Waals surface area (Å²) in [6.07, 6.45) is -0.302. The van der Waals surface area contributed by atoms with E-state index in [1.807, 2.05) is 81.7 Å². The standard InChI is InChI=1S/C24H29ClN4O2S/c1-6-29-23(18(5)31-20-12-15(2)22(25)16(3)13-20)27-28-24(29)32-14-21(30)26-17(4)19-10-8-7-9-11-19/h7-13,17-18H,6,14H2,1-5H3,(H,26,30). The Bertz CT molecular complexity index is 1050. The van der Waals surface area contributed by atoms with Crippen molar-refractivity contribution in [2.75, 3.05) is 5.75 Å². The van der Waals surface area contributed by atoms with Gasteiger partial charge in [-0.05, 0) is 63.4 Å². The molecule has 2 unspecified atom stereocenters. The van der Waals surface area contributed by atoms with E-state index >= 15 is 0 Å². The number of nitrogens with one attached hydrogen (secondary N) is 1. The van der Waals surface area contributed by atoms with Gasteiger partial charge in [0.2, 0.25) is 5.91 Å². The van der Waals surface area contributed by atoms with Crippen LogP contribution in [0.1, 0.15) is 55.4 Å². The van der Waals surface area contributed by atoms with E-state index in [0.717, 1.165) is 33.3 Å². The second kappa shape index (κ2) is 10.9. The molecule has 0 radical (unpaired) electrons. The molecule has 0 saturated heterocycles. The number of nitrogens with zero attached hydrogens (tertiary/aromatic N) is 3. The van der Waals surface area contributed by atoms with Gasteiger partial charge < -0.3 is 14.6 Å². The van der Waals surface area contributed by atoms with Crippen LogP contribution in [0, 0.1) is 13.8 Å². The van der Waals surface area contributed by atoms with Gasteiger partial charge in [0.05, 0.1) is 11.8 Å². The third-order valence-corrected chi connectivity index (χ3v) is 6.72. The Kier molecular flexibility index (Phi) is 8.21. The van der Waals surface area contributed by atoms with Gasteiger partial charge in [0.1, 0.15) is 5.75 Å². The molecule has 6 nitrogen and oxygen atoms in total. The van der Waals surface area contributed by atoms with Crippen LogP contribution in [0.4, 0.5) is 0 Å². The zero-order valence-corrected chi connectivity index (χ0v) is 20.6. The van der Waals surface area contributed by atoms with Crippen molar-refractivity contribution in [1.29, 1.82) is 0 Å². The summed E-state index contributed by atoms with van der Waals surface area (Å²) in [6, 6.07) is 13.7. The molecule has 1 amide bonds. The van der Waals surface area contributed by atoms with E-state index in [4.69, 9.17) is 16.3 Å². The molecule has 1 N–H and O–H groups in total. The number of rotatable bonds is 9. The predicted octanol–water partition coefficient (Wildman–Crippen LogP) is 5.68. The maximum Gasteiger partial charge on any atom is 0.230 e. The third-order valence-electron chi connectivity index (χ3n) is 5.16. The fourth-order valence-electron chi connectivity index (χ4n) is 3.47. The summed E-state index contributed by atoms with van der Waals surface area (Å²) in [5.41, 5.74) is 3.01. The zero-order chi connectivity index (χ0) is 23.3. The Morgan fingerprint density at radius 1 is 1.16 bits per heavy atom. The number of ether oxygens (including phenoxy) is 1. The van der Waals surface area contributed by atoms with Gasteiger partial charge in [0.25, 0.3) is 0 Å². The first-order chi connectivity index (χ1) is 15.3. The Labute approximate surface area is 198 Å². The molecular weight excluding hydrogens is 444 g/mol. The molecule has 0 bridgehead atoms. The minimum atomic E-state index is -0.302. The number of aryl methyl sites for hydroxylation is 2. The molecule has 0 saturated carbocycles. The Morgan fingerprint density at radius 2 is 1.81 bits per heavy atom. The number of amides is 1. The highest BCUT2D eigenvalue weighted by atomic mass is 35.5. The molecule has 2 atom stereocenters. The van der Waals surface area contributed by atoms with E-state index in [2.05, 4.69) is 15.5 Å². The van der Waals surface area contributed by atoms with E-state index in [1.165, 1.54) is 11.8 Å². The molecule has 0 spiro atoms. The number of hydrogen-bond donors (Lipinski definition) is 1. The van der Waals surface area contributed by atoms with Gasteiger partial charge in [-0.1, -0.05) is 53.7 Å². The quantitative estimate of drug-likeness (QED) is 0.406. The van der Waals surface area contributed by atoms with Crippen molar-refractivity contribution >= 4 is 29.3 Å². The van der Waals surface area contributed by atoms with Crippen molar-refractivity contribution in [3.05, 3.63) is 70.0 Å². The lowest BCUT2D eigenvalue weighted by Crippen LogP contribution is -2.28. The monoisotopic (exact) mass is 472 g/mol. The fraction of sp³-hybridized carbons (Fsp3) is 0.375. The summed E-state index contributed by atoms with van der Waals surface area (Å²) < 4.78 is 8.11. The summed E-state index contributed by atoms with van der Waals surface area (Å²) in [5, 5.41) is 13.1. The molecule has 3 rings (SSSR count). The minimum absolute atomic E-state index is 0.0463. The van der Waals surface area contributed by atoms with Crippen LogP contribution in [0.2, 0.25) is 5.02 Å². The molecule has 1 aromatic heterocycles. The lowest BCUT2D eigenvalue weighted by molar-refractivity contribution is -0.119. The Hall–Kier alpha value is -2.51. The van der Waals surface area contributed by atoms with Crippen molar-refractivity contribution in [1.82, 2.24) is 20.1 Å². The summed E-state index contributed by atoms with van der Waals surface area (Å²) in [7, 11) is 0. The second-order valence-electron chi connectivity index (χ2n) is 7.70. The highest BCUT2D eigenvalue weighted by Crippen LogP contribution is 2.29. The summed E-state index contributed by atoms with van der Waals surface area (Å²) in [4.78, 5) is 12.4. The molecule has 0 fully saturated rings. The molecule has 8 heteroatoms. The number of thioether (sulfide) groups is 1. The van der Waals surface area contributed by atoms with E-state index in [1.54, 1.807) is 0 Å². The van der Waals surface area contributed by atoms with Crippen molar-refractivity contribution in [2.45, 2.75) is 58.5 Å². The van der Waals surface area contributed by atoms with E-state index in [0.29, 0.717) is 11.7 Å². The van der Waals surface area contributed by atoms with Gasteiger partial charge in [-0.15, -0.1) is 10.2 Å². The molecule has 32 heavy (non-hydrogen) atoms. The molecule has 170 valence electrons. The molecule has 0 aliphatic heterocycles. The number of halogens is 1. The van der Waals surface area contributed by atoms with Crippen molar-refractivity contribution in [3.63, 3.8) is 0 Å². The largest absolute Gasteiger partial charge is 0.483 e. The van der Waals surface area contributed by atoms with Gasteiger partial charge in [-0.25, -0.2) is 0 Å². The fourth-order valence-corrected chi connectivity index (χ4v) is 4.40. The first kappa shape index (κ1) is 24.1. The number of carbonyl (C=O) groups is 1. The lowest BCUT2D eigenvalue weighted by atomic mass is 10.1. The average Bonchev–Trinajstić information content (AvgIpc) is 3.19. The van der Waals surface area contributed by atoms with Crippen molar-refractivity contribution in [3.8, 4) is 5.75 Å². The number of carbonyl (C=O) groups excluding carboxylic acids is 1. The first-order valence-corrected chi connectivity index (χ1v) is 12.0. The first-order valence-electron chi connectivity index (χ1n) is 10.6. The predicted molar refractivity (Wildman–Crippen MR) is 129 cm³/mol. The maximum absolute atomic E-state index is 12.4. The highest BCUT2D eigenvalue weighted by molar-refractivity contribution is 7.99. The maximum atomic E-state index is 12.4. The summed E-state index contributed by atoms with van der Waals surface area (Å²) in [6.45, 7) is 10.5. The van der Waals surface area contributed by atoms with Crippen LogP contribution in [0.15, 0.2) is 47.6 Å². The Morgan fingerprint density at radius 3 is 2.44 bits per heavy atom. The molecular formula is C24H29ClN4O2S. The van der Waals surface area contributed by atoms with Crippen molar-refractivity contribution in [2.24, 2.45) is 0 Å². The summed E-state index contributed by atoms with van der Waals surface area (Å²) in [5.74, 6) is 1.68. The number of aromatic nitrogens is 3. The zero-order valence-electron chi connectivity index (χ0n) is 19.1. The van der Waals surface area contributed by atoms with E-state index in [9.17, 15) is 4.79 Å². The molecule has 2 aromatic carbocycles. The minimum Gasteiger partial charge on any atom is -0.483 e. The third kappa shape index (κ3) is 5.84. The molecule has 0 aliphatic rings. The highest BCUT2D eigenvalue weighted by Gasteiger charge is 2.20. The molecule has 1 heterocycles. The van der Waals surface area contributed by atoms with Gasteiger partial charge >= 0.3 is 0 Å². The van der Waals surface area contributed by atoms with Gasteiger partial charge in [-0.2, -0.15) is 0 Å². The second-order valence-corrected chi connectivity index (χ2v) is 9.03. The van der Waals surface area contributed by atoms with Gasteiger partial charge in [0.15, 0.2) is 17.1 Å². The lowest BCUT2D eigenvalue weighted by Gasteiger charge is -2.17. The smallest absolute Gasteiger partial charge is 0.230 e. The van der Waals surface area contributed by atoms with Crippen LogP contribution >= 0.6 is 23.4 Å². The topological polar surface area (TPSA) is 69.0 Å².